The van der Waals surface area contributed by atoms with Gasteiger partial charge in [0.2, 0.25) is 0 Å². The molecule has 1 atom stereocenters. The average molecular weight is 236 g/mol. The molecule has 17 heavy (non-hydrogen) atoms. The molecule has 0 radical (unpaired) electrons. The zero-order chi connectivity index (χ0) is 12.6. The standard InChI is InChI=1S/C10H12N4O3/c1-14-4-9(16)5-2-6(12-13-10(11)17)8(15)3-7(5)14/h2-3,9,15-16H,4H2,1H3,(H2,11,17)/t9-/m1/s1. The highest BCUT2D eigenvalue weighted by Crippen LogP contribution is 2.41. The number of β-amino-alcohol motifs (C(OH)–C–C–N with tert-alkyl or cyclic N) is 1. The number of aliphatic hydroxyl groups is 1. The first kappa shape index (κ1) is 11.3. The van der Waals surface area contributed by atoms with Crippen LogP contribution < -0.4 is 10.6 Å². The van der Waals surface area contributed by atoms with Crippen LogP contribution in [0.3, 0.4) is 0 Å². The number of fused-ring (bicyclic) bond motifs is 1. The van der Waals surface area contributed by atoms with Gasteiger partial charge in [0.15, 0.2) is 0 Å². The molecule has 1 aliphatic heterocycles. The Morgan fingerprint density at radius 2 is 2.29 bits per heavy atom. The number of nitrogens with two attached hydrogens (primary N) is 1. The molecule has 4 N–H and O–H groups in total. The van der Waals surface area contributed by atoms with Gasteiger partial charge in [-0.1, -0.05) is 5.11 Å². The fraction of sp³-hybridized carbons (Fsp3) is 0.300. The van der Waals surface area contributed by atoms with E-state index in [2.05, 4.69) is 10.2 Å². The van der Waals surface area contributed by atoms with Crippen molar-refractivity contribution in [3.8, 4) is 5.75 Å². The molecule has 1 aliphatic rings. The molecule has 7 nitrogen and oxygen atoms in total. The van der Waals surface area contributed by atoms with Crippen LogP contribution in [0, 0.1) is 0 Å². The summed E-state index contributed by atoms with van der Waals surface area (Å²) in [7, 11) is 1.80. The summed E-state index contributed by atoms with van der Waals surface area (Å²) in [4.78, 5) is 12.3. The predicted molar refractivity (Wildman–Crippen MR) is 60.4 cm³/mol. The quantitative estimate of drug-likeness (QED) is 0.632. The van der Waals surface area contributed by atoms with Crippen molar-refractivity contribution in [3.05, 3.63) is 17.7 Å². The van der Waals surface area contributed by atoms with Crippen LogP contribution in [0.4, 0.5) is 16.2 Å². The van der Waals surface area contributed by atoms with E-state index in [0.29, 0.717) is 12.1 Å². The summed E-state index contributed by atoms with van der Waals surface area (Å²) in [6, 6.07) is 2.02. The van der Waals surface area contributed by atoms with Crippen molar-refractivity contribution < 1.29 is 15.0 Å². The second-order valence-electron chi connectivity index (χ2n) is 3.83. The normalized spacial score (nSPS) is 18.7. The Morgan fingerprint density at radius 1 is 1.59 bits per heavy atom. The molecule has 1 heterocycles. The number of rotatable bonds is 1. The van der Waals surface area contributed by atoms with Gasteiger partial charge in [-0.05, 0) is 6.07 Å². The number of hydrogen-bond acceptors (Lipinski definition) is 5. The number of hydrogen-bond donors (Lipinski definition) is 3. The number of carbonyl (C=O) groups is 1. The zero-order valence-corrected chi connectivity index (χ0v) is 9.16. The number of nitrogens with zero attached hydrogens (tertiary/aromatic N) is 3. The van der Waals surface area contributed by atoms with E-state index < -0.39 is 12.1 Å². The van der Waals surface area contributed by atoms with Gasteiger partial charge in [0.05, 0.1) is 6.10 Å². The van der Waals surface area contributed by atoms with Crippen molar-refractivity contribution >= 4 is 17.4 Å². The lowest BCUT2D eigenvalue weighted by Crippen LogP contribution is -2.14. The highest BCUT2D eigenvalue weighted by atomic mass is 16.3. The van der Waals surface area contributed by atoms with Crippen LogP contribution in [0.5, 0.6) is 5.75 Å². The number of amides is 2. The van der Waals surface area contributed by atoms with Crippen molar-refractivity contribution in [2.45, 2.75) is 6.10 Å². The van der Waals surface area contributed by atoms with Gasteiger partial charge in [-0.2, -0.15) is 0 Å². The van der Waals surface area contributed by atoms with E-state index in [1.807, 2.05) is 4.90 Å². The number of aromatic hydroxyl groups is 1. The Bertz CT molecular complexity index is 501. The van der Waals surface area contributed by atoms with Gasteiger partial charge in [0.1, 0.15) is 11.4 Å². The molecule has 7 heteroatoms. The third kappa shape index (κ3) is 2.04. The van der Waals surface area contributed by atoms with Crippen molar-refractivity contribution in [3.63, 3.8) is 0 Å². The highest BCUT2D eigenvalue weighted by molar-refractivity contribution is 5.73. The average Bonchev–Trinajstić information content (AvgIpc) is 2.51. The molecule has 0 aliphatic carbocycles. The summed E-state index contributed by atoms with van der Waals surface area (Å²) in [6.45, 7) is 0.450. The molecule has 0 bridgehead atoms. The first-order chi connectivity index (χ1) is 7.99. The maximum absolute atomic E-state index is 10.5. The van der Waals surface area contributed by atoms with Gasteiger partial charge < -0.3 is 20.8 Å². The van der Waals surface area contributed by atoms with Gasteiger partial charge in [0.25, 0.3) is 0 Å². The third-order valence-electron chi connectivity index (χ3n) is 2.60. The molecular weight excluding hydrogens is 224 g/mol. The summed E-state index contributed by atoms with van der Waals surface area (Å²) < 4.78 is 0. The van der Waals surface area contributed by atoms with Crippen LogP contribution in [0.2, 0.25) is 0 Å². The van der Waals surface area contributed by atoms with Crippen LogP contribution >= 0.6 is 0 Å². The Labute approximate surface area is 97.2 Å². The highest BCUT2D eigenvalue weighted by Gasteiger charge is 2.26. The second kappa shape index (κ2) is 4.02. The minimum atomic E-state index is -0.942. The van der Waals surface area contributed by atoms with E-state index in [1.54, 1.807) is 7.05 Å². The van der Waals surface area contributed by atoms with Crippen molar-refractivity contribution in [2.75, 3.05) is 18.5 Å². The number of phenolic OH excluding ortho intramolecular Hbond substituents is 1. The molecule has 0 unspecified atom stereocenters. The first-order valence-electron chi connectivity index (χ1n) is 4.96. The molecule has 0 spiro atoms. The number of phenols is 1. The number of primary amides is 1. The SMILES string of the molecule is CN1C[C@@H](O)c2cc(N=NC(N)=O)c(O)cc21. The van der Waals surface area contributed by atoms with Gasteiger partial charge in [-0.25, -0.2) is 4.79 Å². The zero-order valence-electron chi connectivity index (χ0n) is 9.16. The number of azo groups is 1. The third-order valence-corrected chi connectivity index (χ3v) is 2.60. The number of likely N-dealkylation sites (N-methyl/N-ethyl adjacent to an activating group) is 1. The second-order valence-corrected chi connectivity index (χ2v) is 3.83. The van der Waals surface area contributed by atoms with Crippen molar-refractivity contribution in [1.29, 1.82) is 0 Å². The van der Waals surface area contributed by atoms with Crippen LogP contribution in [-0.2, 0) is 0 Å². The lowest BCUT2D eigenvalue weighted by molar-refractivity contribution is 0.195. The van der Waals surface area contributed by atoms with E-state index in [1.165, 1.54) is 12.1 Å². The number of carbonyl (C=O) groups excluding carboxylic acids is 1. The van der Waals surface area contributed by atoms with E-state index in [4.69, 9.17) is 5.73 Å². The molecule has 1 aromatic rings. The monoisotopic (exact) mass is 236 g/mol. The molecule has 1 aromatic carbocycles. The fourth-order valence-corrected chi connectivity index (χ4v) is 1.82. The smallest absolute Gasteiger partial charge is 0.356 e. The lowest BCUT2D eigenvalue weighted by Gasteiger charge is -2.11. The number of benzene rings is 1. The largest absolute Gasteiger partial charge is 0.506 e. The van der Waals surface area contributed by atoms with Gasteiger partial charge in [0, 0.05) is 30.9 Å². The topological polar surface area (TPSA) is 112 Å². The Kier molecular flexibility index (Phi) is 2.68. The van der Waals surface area contributed by atoms with E-state index in [-0.39, 0.29) is 11.4 Å². The number of urea groups is 1. The van der Waals surface area contributed by atoms with Crippen LogP contribution in [-0.4, -0.2) is 29.8 Å². The van der Waals surface area contributed by atoms with Gasteiger partial charge >= 0.3 is 6.03 Å². The number of anilines is 1. The number of aliphatic hydroxyl groups excluding tert-OH is 1. The molecule has 0 saturated heterocycles. The van der Waals surface area contributed by atoms with E-state index in [0.717, 1.165) is 5.69 Å². The molecule has 0 aromatic heterocycles. The molecule has 2 rings (SSSR count). The molecule has 0 fully saturated rings. The van der Waals surface area contributed by atoms with Crippen LogP contribution in [0.15, 0.2) is 22.4 Å². The lowest BCUT2D eigenvalue weighted by atomic mass is 10.1. The summed E-state index contributed by atoms with van der Waals surface area (Å²) in [5.74, 6) is -0.116. The molecule has 0 saturated carbocycles. The van der Waals surface area contributed by atoms with E-state index in [9.17, 15) is 15.0 Å². The Hall–Kier alpha value is -2.15. The summed E-state index contributed by atoms with van der Waals surface area (Å²) >= 11 is 0. The minimum absolute atomic E-state index is 0.108. The van der Waals surface area contributed by atoms with Crippen LogP contribution in [0.1, 0.15) is 11.7 Å². The fourth-order valence-electron chi connectivity index (χ4n) is 1.82. The summed E-state index contributed by atoms with van der Waals surface area (Å²) in [6.07, 6.45) is -0.641. The van der Waals surface area contributed by atoms with Crippen LogP contribution in [0.25, 0.3) is 0 Å². The maximum Gasteiger partial charge on any atom is 0.356 e. The van der Waals surface area contributed by atoms with Crippen molar-refractivity contribution in [2.24, 2.45) is 16.0 Å². The molecular formula is C10H12N4O3. The Morgan fingerprint density at radius 3 is 2.94 bits per heavy atom. The maximum atomic E-state index is 10.5. The summed E-state index contributed by atoms with van der Waals surface area (Å²) in [5.41, 5.74) is 6.29. The van der Waals surface area contributed by atoms with Crippen molar-refractivity contribution in [1.82, 2.24) is 0 Å². The van der Waals surface area contributed by atoms with Gasteiger partial charge in [-0.15, -0.1) is 5.11 Å². The van der Waals surface area contributed by atoms with Gasteiger partial charge in [-0.3, -0.25) is 0 Å². The predicted octanol–water partition coefficient (Wildman–Crippen LogP) is 1.04. The first-order valence-corrected chi connectivity index (χ1v) is 4.96. The summed E-state index contributed by atoms with van der Waals surface area (Å²) in [5, 5.41) is 26.1. The molecule has 2 amide bonds. The Balaban J connectivity index is 2.44. The van der Waals surface area contributed by atoms with E-state index >= 15 is 0 Å². The molecule has 90 valence electrons. The minimum Gasteiger partial charge on any atom is -0.506 e.